The summed E-state index contributed by atoms with van der Waals surface area (Å²) in [6, 6.07) is 8.37. The molecular formula is C17H20N2OS. The zero-order valence-corrected chi connectivity index (χ0v) is 13.1. The van der Waals surface area contributed by atoms with Crippen LogP contribution in [0.2, 0.25) is 0 Å². The molecule has 1 unspecified atom stereocenters. The van der Waals surface area contributed by atoms with Gasteiger partial charge in [0.15, 0.2) is 0 Å². The first-order valence-corrected chi connectivity index (χ1v) is 8.55. The van der Waals surface area contributed by atoms with E-state index in [1.165, 1.54) is 40.4 Å². The Balaban J connectivity index is 1.86. The minimum absolute atomic E-state index is 0.184. The predicted octanol–water partition coefficient (Wildman–Crippen LogP) is 3.27. The summed E-state index contributed by atoms with van der Waals surface area (Å²) in [5.74, 6) is 0.992. The highest BCUT2D eigenvalue weighted by atomic mass is 32.1. The van der Waals surface area contributed by atoms with Gasteiger partial charge in [-0.3, -0.25) is 0 Å². The largest absolute Gasteiger partial charge is 0.493 e. The van der Waals surface area contributed by atoms with Crippen molar-refractivity contribution in [2.24, 2.45) is 0 Å². The molecule has 0 bridgehead atoms. The minimum atomic E-state index is -0.184. The van der Waals surface area contributed by atoms with Crippen molar-refractivity contribution in [3.8, 4) is 5.75 Å². The number of thiazole rings is 1. The quantitative estimate of drug-likeness (QED) is 0.924. The summed E-state index contributed by atoms with van der Waals surface area (Å²) < 4.78 is 5.84. The number of ether oxygens (including phenoxy) is 1. The van der Waals surface area contributed by atoms with Gasteiger partial charge in [-0.15, -0.1) is 11.3 Å². The molecule has 1 aromatic heterocycles. The average molecular weight is 300 g/mol. The molecule has 1 aliphatic heterocycles. The molecule has 3 nitrogen and oxygen atoms in total. The van der Waals surface area contributed by atoms with Gasteiger partial charge in [0, 0.05) is 16.9 Å². The molecule has 4 heteroatoms. The van der Waals surface area contributed by atoms with Crippen LogP contribution in [0.15, 0.2) is 24.3 Å². The Labute approximate surface area is 129 Å². The number of para-hydroxylation sites is 1. The maximum absolute atomic E-state index is 5.84. The second-order valence-corrected chi connectivity index (χ2v) is 6.93. The van der Waals surface area contributed by atoms with Gasteiger partial charge in [0.1, 0.15) is 16.3 Å². The Bertz CT molecular complexity index is 643. The first kappa shape index (κ1) is 13.3. The summed E-state index contributed by atoms with van der Waals surface area (Å²) >= 11 is 1.90. The monoisotopic (exact) mass is 300 g/mol. The lowest BCUT2D eigenvalue weighted by atomic mass is 9.85. The molecule has 0 radical (unpaired) electrons. The second kappa shape index (κ2) is 5.11. The molecule has 1 N–H and O–H groups in total. The van der Waals surface area contributed by atoms with Crippen LogP contribution in [0, 0.1) is 0 Å². The van der Waals surface area contributed by atoms with Gasteiger partial charge < -0.3 is 10.1 Å². The molecule has 110 valence electrons. The van der Waals surface area contributed by atoms with Gasteiger partial charge in [-0.05, 0) is 38.8 Å². The van der Waals surface area contributed by atoms with Crippen LogP contribution in [0.3, 0.4) is 0 Å². The standard InChI is InChI=1S/C17H20N2OS/c1-18-17(10-11-20-14-8-4-2-6-12(14)17)16-19-13-7-3-5-9-15(13)21-16/h2,4,6,8,18H,3,5,7,9-11H2,1H3. The second-order valence-electron chi connectivity index (χ2n) is 5.85. The summed E-state index contributed by atoms with van der Waals surface area (Å²) in [5, 5.41) is 4.78. The third-order valence-corrected chi connectivity index (χ3v) is 6.04. The molecule has 0 saturated heterocycles. The third-order valence-electron chi connectivity index (χ3n) is 4.72. The Morgan fingerprint density at radius 2 is 2.10 bits per heavy atom. The fourth-order valence-corrected chi connectivity index (χ4v) is 4.91. The van der Waals surface area contributed by atoms with Crippen LogP contribution in [0.5, 0.6) is 5.75 Å². The Morgan fingerprint density at radius 3 is 2.95 bits per heavy atom. The number of aryl methyl sites for hydroxylation is 2. The van der Waals surface area contributed by atoms with E-state index in [4.69, 9.17) is 9.72 Å². The van der Waals surface area contributed by atoms with Gasteiger partial charge >= 0.3 is 0 Å². The van der Waals surface area contributed by atoms with E-state index < -0.39 is 0 Å². The Morgan fingerprint density at radius 1 is 1.24 bits per heavy atom. The Hall–Kier alpha value is -1.39. The summed E-state index contributed by atoms with van der Waals surface area (Å²) in [6.45, 7) is 0.738. The number of rotatable bonds is 2. The van der Waals surface area contributed by atoms with Crippen molar-refractivity contribution in [2.75, 3.05) is 13.7 Å². The molecule has 2 heterocycles. The molecule has 1 aromatic carbocycles. The van der Waals surface area contributed by atoms with Crippen molar-refractivity contribution >= 4 is 11.3 Å². The lowest BCUT2D eigenvalue weighted by Crippen LogP contribution is -2.45. The van der Waals surface area contributed by atoms with Gasteiger partial charge in [-0.2, -0.15) is 0 Å². The first-order valence-electron chi connectivity index (χ1n) is 7.74. The van der Waals surface area contributed by atoms with Gasteiger partial charge in [-0.1, -0.05) is 18.2 Å². The number of nitrogens with one attached hydrogen (secondary N) is 1. The smallest absolute Gasteiger partial charge is 0.124 e. The highest BCUT2D eigenvalue weighted by Crippen LogP contribution is 2.44. The number of nitrogens with zero attached hydrogens (tertiary/aromatic N) is 1. The molecule has 0 amide bonds. The van der Waals surface area contributed by atoms with Crippen molar-refractivity contribution in [2.45, 2.75) is 37.6 Å². The highest BCUT2D eigenvalue weighted by Gasteiger charge is 2.41. The van der Waals surface area contributed by atoms with Gasteiger partial charge in [0.05, 0.1) is 12.3 Å². The van der Waals surface area contributed by atoms with Crippen molar-refractivity contribution < 1.29 is 4.74 Å². The molecule has 21 heavy (non-hydrogen) atoms. The molecule has 2 aliphatic rings. The first-order chi connectivity index (χ1) is 10.3. The van der Waals surface area contributed by atoms with E-state index in [2.05, 4.69) is 23.5 Å². The van der Waals surface area contributed by atoms with Crippen molar-refractivity contribution in [1.82, 2.24) is 10.3 Å². The van der Waals surface area contributed by atoms with Gasteiger partial charge in [0.25, 0.3) is 0 Å². The molecular weight excluding hydrogens is 280 g/mol. The fraction of sp³-hybridized carbons (Fsp3) is 0.471. The zero-order chi connectivity index (χ0) is 14.3. The van der Waals surface area contributed by atoms with Crippen molar-refractivity contribution in [3.63, 3.8) is 0 Å². The van der Waals surface area contributed by atoms with Crippen molar-refractivity contribution in [3.05, 3.63) is 45.4 Å². The SMILES string of the molecule is CNC1(c2nc3c(s2)CCCC3)CCOc2ccccc21. The van der Waals surface area contributed by atoms with Crippen LogP contribution < -0.4 is 10.1 Å². The van der Waals surface area contributed by atoms with Crippen molar-refractivity contribution in [1.29, 1.82) is 0 Å². The van der Waals surface area contributed by atoms with Gasteiger partial charge in [-0.25, -0.2) is 4.98 Å². The number of benzene rings is 1. The third kappa shape index (κ3) is 2.00. The van der Waals surface area contributed by atoms with E-state index in [1.54, 1.807) is 0 Å². The van der Waals surface area contributed by atoms with E-state index in [-0.39, 0.29) is 5.54 Å². The Kier molecular flexibility index (Phi) is 3.23. The molecule has 2 aromatic rings. The van der Waals surface area contributed by atoms with E-state index >= 15 is 0 Å². The average Bonchev–Trinajstić information content (AvgIpc) is 2.98. The molecule has 0 spiro atoms. The number of fused-ring (bicyclic) bond motifs is 2. The normalized spacial score (nSPS) is 24.0. The van der Waals surface area contributed by atoms with E-state index in [9.17, 15) is 0 Å². The van der Waals surface area contributed by atoms with Crippen LogP contribution >= 0.6 is 11.3 Å². The summed E-state index contributed by atoms with van der Waals surface area (Å²) in [5.41, 5.74) is 2.38. The molecule has 1 aliphatic carbocycles. The molecule has 1 atom stereocenters. The van der Waals surface area contributed by atoms with Crippen LogP contribution in [-0.2, 0) is 18.4 Å². The number of aromatic nitrogens is 1. The van der Waals surface area contributed by atoms with Gasteiger partial charge in [0.2, 0.25) is 0 Å². The van der Waals surface area contributed by atoms with Crippen LogP contribution in [0.25, 0.3) is 0 Å². The lowest BCUT2D eigenvalue weighted by molar-refractivity contribution is 0.217. The maximum atomic E-state index is 5.84. The van der Waals surface area contributed by atoms with Crippen LogP contribution in [0.1, 0.15) is 40.4 Å². The van der Waals surface area contributed by atoms with Crippen LogP contribution in [-0.4, -0.2) is 18.6 Å². The topological polar surface area (TPSA) is 34.2 Å². The molecule has 0 saturated carbocycles. The lowest BCUT2D eigenvalue weighted by Gasteiger charge is -2.37. The zero-order valence-electron chi connectivity index (χ0n) is 12.3. The van der Waals surface area contributed by atoms with E-state index in [0.29, 0.717) is 0 Å². The molecule has 4 rings (SSSR count). The summed E-state index contributed by atoms with van der Waals surface area (Å²) in [6.07, 6.45) is 5.87. The summed E-state index contributed by atoms with van der Waals surface area (Å²) in [7, 11) is 2.04. The minimum Gasteiger partial charge on any atom is -0.493 e. The fourth-order valence-electron chi connectivity index (χ4n) is 3.52. The number of hydrogen-bond donors (Lipinski definition) is 1. The highest BCUT2D eigenvalue weighted by molar-refractivity contribution is 7.12. The van der Waals surface area contributed by atoms with Crippen LogP contribution in [0.4, 0.5) is 0 Å². The number of hydrogen-bond acceptors (Lipinski definition) is 4. The summed E-state index contributed by atoms with van der Waals surface area (Å²) in [4.78, 5) is 6.51. The predicted molar refractivity (Wildman–Crippen MR) is 85.1 cm³/mol. The maximum Gasteiger partial charge on any atom is 0.124 e. The molecule has 0 fully saturated rings. The van der Waals surface area contributed by atoms with E-state index in [1.807, 2.05) is 24.5 Å². The van der Waals surface area contributed by atoms with E-state index in [0.717, 1.165) is 25.2 Å².